The molecule has 108 valence electrons. The third kappa shape index (κ3) is 2.35. The first-order chi connectivity index (χ1) is 9.83. The Balaban J connectivity index is 1.48. The van der Waals surface area contributed by atoms with Gasteiger partial charge in [0.1, 0.15) is 0 Å². The van der Waals surface area contributed by atoms with Crippen LogP contribution in [-0.4, -0.2) is 35.4 Å². The van der Waals surface area contributed by atoms with Crippen LogP contribution in [0.4, 0.5) is 0 Å². The Morgan fingerprint density at radius 1 is 1.30 bits per heavy atom. The largest absolute Gasteiger partial charge is 0.381 e. The van der Waals surface area contributed by atoms with Crippen molar-refractivity contribution in [1.29, 1.82) is 0 Å². The average molecular weight is 275 g/mol. The molecule has 2 heterocycles. The van der Waals surface area contributed by atoms with Gasteiger partial charge < -0.3 is 10.1 Å². The third-order valence-electron chi connectivity index (χ3n) is 4.81. The molecule has 0 radical (unpaired) electrons. The Kier molecular flexibility index (Phi) is 3.02. The van der Waals surface area contributed by atoms with Crippen LogP contribution in [-0.2, 0) is 4.74 Å². The van der Waals surface area contributed by atoms with Gasteiger partial charge in [-0.05, 0) is 43.9 Å². The normalized spacial score (nSPS) is 26.1. The zero-order chi connectivity index (χ0) is 13.5. The fourth-order valence-corrected chi connectivity index (χ4v) is 3.31. The van der Waals surface area contributed by atoms with Crippen LogP contribution in [0.25, 0.3) is 0 Å². The van der Waals surface area contributed by atoms with Crippen molar-refractivity contribution in [2.24, 2.45) is 11.8 Å². The van der Waals surface area contributed by atoms with Crippen molar-refractivity contribution in [1.82, 2.24) is 15.5 Å². The SMILES string of the molecule is O=C(NC(C1CC1)C1CC1)c1cn[nH]c1[C@@H]1CCOC1. The maximum absolute atomic E-state index is 12.5. The number of rotatable bonds is 5. The molecular weight excluding hydrogens is 254 g/mol. The van der Waals surface area contributed by atoms with E-state index in [2.05, 4.69) is 15.5 Å². The molecule has 1 amide bonds. The van der Waals surface area contributed by atoms with Crippen molar-refractivity contribution in [3.8, 4) is 0 Å². The van der Waals surface area contributed by atoms with Crippen molar-refractivity contribution >= 4 is 5.91 Å². The summed E-state index contributed by atoms with van der Waals surface area (Å²) < 4.78 is 5.41. The van der Waals surface area contributed by atoms with E-state index in [0.29, 0.717) is 24.1 Å². The highest BCUT2D eigenvalue weighted by atomic mass is 16.5. The Labute approximate surface area is 118 Å². The fraction of sp³-hybridized carbons (Fsp3) is 0.733. The van der Waals surface area contributed by atoms with Crippen molar-refractivity contribution in [3.05, 3.63) is 17.5 Å². The van der Waals surface area contributed by atoms with Crippen LogP contribution in [0.3, 0.4) is 0 Å². The number of H-pyrrole nitrogens is 1. The van der Waals surface area contributed by atoms with E-state index in [-0.39, 0.29) is 5.91 Å². The van der Waals surface area contributed by atoms with Gasteiger partial charge in [0, 0.05) is 18.6 Å². The molecule has 1 saturated heterocycles. The summed E-state index contributed by atoms with van der Waals surface area (Å²) in [6.07, 6.45) is 7.73. The lowest BCUT2D eigenvalue weighted by Gasteiger charge is -2.18. The monoisotopic (exact) mass is 275 g/mol. The summed E-state index contributed by atoms with van der Waals surface area (Å²) in [5.41, 5.74) is 1.66. The second-order valence-corrected chi connectivity index (χ2v) is 6.43. The lowest BCUT2D eigenvalue weighted by Crippen LogP contribution is -2.38. The maximum Gasteiger partial charge on any atom is 0.254 e. The van der Waals surface area contributed by atoms with Gasteiger partial charge in [-0.2, -0.15) is 5.10 Å². The number of aromatic amines is 1. The first kappa shape index (κ1) is 12.4. The number of carbonyl (C=O) groups is 1. The van der Waals surface area contributed by atoms with E-state index >= 15 is 0 Å². The molecule has 1 aromatic rings. The molecule has 20 heavy (non-hydrogen) atoms. The minimum Gasteiger partial charge on any atom is -0.381 e. The van der Waals surface area contributed by atoms with Crippen LogP contribution in [0.5, 0.6) is 0 Å². The van der Waals surface area contributed by atoms with Crippen LogP contribution in [0.2, 0.25) is 0 Å². The van der Waals surface area contributed by atoms with E-state index in [9.17, 15) is 4.79 Å². The zero-order valence-electron chi connectivity index (χ0n) is 11.6. The smallest absolute Gasteiger partial charge is 0.254 e. The number of amides is 1. The second-order valence-electron chi connectivity index (χ2n) is 6.43. The molecule has 2 saturated carbocycles. The van der Waals surface area contributed by atoms with E-state index in [0.717, 1.165) is 30.6 Å². The Morgan fingerprint density at radius 3 is 2.65 bits per heavy atom. The Hall–Kier alpha value is -1.36. The fourth-order valence-electron chi connectivity index (χ4n) is 3.31. The minimum atomic E-state index is 0.0458. The van der Waals surface area contributed by atoms with Crippen LogP contribution in [0.15, 0.2) is 6.20 Å². The Morgan fingerprint density at radius 2 is 2.05 bits per heavy atom. The van der Waals surface area contributed by atoms with Crippen molar-refractivity contribution in [3.63, 3.8) is 0 Å². The highest BCUT2D eigenvalue weighted by molar-refractivity contribution is 5.95. The predicted molar refractivity (Wildman–Crippen MR) is 73.5 cm³/mol. The molecule has 1 aromatic heterocycles. The minimum absolute atomic E-state index is 0.0458. The van der Waals surface area contributed by atoms with Gasteiger partial charge in [0.05, 0.1) is 24.1 Å². The first-order valence-electron chi connectivity index (χ1n) is 7.75. The van der Waals surface area contributed by atoms with Gasteiger partial charge in [-0.3, -0.25) is 9.89 Å². The maximum atomic E-state index is 12.5. The second kappa shape index (κ2) is 4.88. The van der Waals surface area contributed by atoms with Gasteiger partial charge in [-0.1, -0.05) is 0 Å². The first-order valence-corrected chi connectivity index (χ1v) is 7.75. The lowest BCUT2D eigenvalue weighted by atomic mass is 10.00. The van der Waals surface area contributed by atoms with Crippen molar-refractivity contribution in [2.75, 3.05) is 13.2 Å². The van der Waals surface area contributed by atoms with Gasteiger partial charge in [-0.25, -0.2) is 0 Å². The third-order valence-corrected chi connectivity index (χ3v) is 4.81. The van der Waals surface area contributed by atoms with Gasteiger partial charge in [-0.15, -0.1) is 0 Å². The van der Waals surface area contributed by atoms with E-state index in [1.54, 1.807) is 6.20 Å². The zero-order valence-corrected chi connectivity index (χ0v) is 11.6. The molecule has 3 fully saturated rings. The summed E-state index contributed by atoms with van der Waals surface area (Å²) in [5, 5.41) is 10.3. The summed E-state index contributed by atoms with van der Waals surface area (Å²) in [6.45, 7) is 1.47. The van der Waals surface area contributed by atoms with Gasteiger partial charge >= 0.3 is 0 Å². The molecule has 0 bridgehead atoms. The Bertz CT molecular complexity index is 487. The van der Waals surface area contributed by atoms with E-state index in [1.165, 1.54) is 25.7 Å². The quantitative estimate of drug-likeness (QED) is 0.861. The van der Waals surface area contributed by atoms with Gasteiger partial charge in [0.25, 0.3) is 5.91 Å². The molecular formula is C15H21N3O2. The summed E-state index contributed by atoms with van der Waals surface area (Å²) in [6, 6.07) is 0.394. The highest BCUT2D eigenvalue weighted by Crippen LogP contribution is 2.44. The summed E-state index contributed by atoms with van der Waals surface area (Å²) in [4.78, 5) is 12.5. The predicted octanol–water partition coefficient (Wildman–Crippen LogP) is 1.83. The van der Waals surface area contributed by atoms with Crippen LogP contribution in [0.1, 0.15) is 54.1 Å². The average Bonchev–Trinajstić information content (AvgIpc) is 3.36. The number of aromatic nitrogens is 2. The summed E-state index contributed by atoms with van der Waals surface area (Å²) in [7, 11) is 0. The number of hydrogen-bond donors (Lipinski definition) is 2. The number of nitrogens with zero attached hydrogens (tertiary/aromatic N) is 1. The number of carbonyl (C=O) groups excluding carboxylic acids is 1. The highest BCUT2D eigenvalue weighted by Gasteiger charge is 2.42. The van der Waals surface area contributed by atoms with Crippen LogP contribution >= 0.6 is 0 Å². The number of ether oxygens (including phenoxy) is 1. The van der Waals surface area contributed by atoms with Crippen molar-refractivity contribution in [2.45, 2.75) is 44.1 Å². The molecule has 5 nitrogen and oxygen atoms in total. The molecule has 3 aliphatic rings. The lowest BCUT2D eigenvalue weighted by molar-refractivity contribution is 0.0925. The van der Waals surface area contributed by atoms with Gasteiger partial charge in [0.2, 0.25) is 0 Å². The molecule has 1 atom stereocenters. The standard InChI is InChI=1S/C15H21N3O2/c19-15(17-13(9-1-2-9)10-3-4-10)12-7-16-18-14(12)11-5-6-20-8-11/h7,9-11,13H,1-6,8H2,(H,16,18)(H,17,19)/t11-/m1/s1. The number of hydrogen-bond acceptors (Lipinski definition) is 3. The van der Waals surface area contributed by atoms with Crippen LogP contribution in [0, 0.1) is 11.8 Å². The van der Waals surface area contributed by atoms with Gasteiger partial charge in [0.15, 0.2) is 0 Å². The molecule has 4 rings (SSSR count). The molecule has 2 aliphatic carbocycles. The topological polar surface area (TPSA) is 67.0 Å². The van der Waals surface area contributed by atoms with E-state index in [1.807, 2.05) is 0 Å². The number of nitrogens with one attached hydrogen (secondary N) is 2. The molecule has 0 aromatic carbocycles. The van der Waals surface area contributed by atoms with E-state index < -0.39 is 0 Å². The summed E-state index contributed by atoms with van der Waals surface area (Å²) in [5.74, 6) is 1.77. The van der Waals surface area contributed by atoms with E-state index in [4.69, 9.17) is 4.74 Å². The van der Waals surface area contributed by atoms with Crippen LogP contribution < -0.4 is 5.32 Å². The molecule has 0 unspecified atom stereocenters. The molecule has 2 N–H and O–H groups in total. The molecule has 5 heteroatoms. The molecule has 1 aliphatic heterocycles. The molecule has 0 spiro atoms. The summed E-state index contributed by atoms with van der Waals surface area (Å²) >= 11 is 0. The van der Waals surface area contributed by atoms with Crippen molar-refractivity contribution < 1.29 is 9.53 Å².